The molecule has 0 aromatic carbocycles. The summed E-state index contributed by atoms with van der Waals surface area (Å²) < 4.78 is 0. The van der Waals surface area contributed by atoms with Crippen LogP contribution in [0.4, 0.5) is 0 Å². The number of aryl methyl sites for hydroxylation is 2. The Bertz CT molecular complexity index is 2620. The van der Waals surface area contributed by atoms with Crippen molar-refractivity contribution in [3.63, 3.8) is 0 Å². The quantitative estimate of drug-likeness (QED) is 0.0668. The van der Waals surface area contributed by atoms with Crippen molar-refractivity contribution in [2.75, 3.05) is 0 Å². The van der Waals surface area contributed by atoms with E-state index in [1.54, 1.807) is 17.3 Å². The zero-order chi connectivity index (χ0) is 48.6. The van der Waals surface area contributed by atoms with Crippen LogP contribution in [0.25, 0.3) is 18.2 Å². The summed E-state index contributed by atoms with van der Waals surface area (Å²) in [5.74, 6) is 21.2. The molecule has 0 fully saturated rings. The standard InChI is InChI=1S/C25H30N2Si.C22H22N2.C12H14BrNSi.CH4/c1-5-6-7-8-12-24-16-14-22(20-26-24)11-9-10-13-25-17-15-23(21-27-25)18-19-28(2,3)4;1-3-5-6-7-11-21-16-14-20(18-24-21)10-8-9-12-22-15-13-19(4-2)17-23-22;1-15(2,3)9-7-11-4-5-12(6-8-13)14-10-11;/h10,13-17,20-21H,5-8,12H2,1-4H3;2,9,12-18H,3,5-7,11H2,1H3;4-6,8,10H,1-3H3;1H4/b13-10+;12-9+;8-6+;. The van der Waals surface area contributed by atoms with Gasteiger partial charge in [0.2, 0.25) is 0 Å². The van der Waals surface area contributed by atoms with Crippen LogP contribution in [0.15, 0.2) is 109 Å². The van der Waals surface area contributed by atoms with Crippen molar-refractivity contribution in [2.45, 2.75) is 125 Å². The molecule has 5 heterocycles. The Morgan fingerprint density at radius 2 is 0.838 bits per heavy atom. The minimum Gasteiger partial charge on any atom is -0.260 e. The van der Waals surface area contributed by atoms with Gasteiger partial charge in [-0.25, -0.2) is 0 Å². The highest BCUT2D eigenvalue weighted by molar-refractivity contribution is 9.11. The van der Waals surface area contributed by atoms with Crippen LogP contribution in [0.5, 0.6) is 0 Å². The lowest BCUT2D eigenvalue weighted by Crippen LogP contribution is -2.16. The highest BCUT2D eigenvalue weighted by Crippen LogP contribution is 2.10. The summed E-state index contributed by atoms with van der Waals surface area (Å²) >= 11 is 3.22. The van der Waals surface area contributed by atoms with Gasteiger partial charge < -0.3 is 0 Å². The third-order valence-corrected chi connectivity index (χ3v) is 11.3. The van der Waals surface area contributed by atoms with E-state index in [-0.39, 0.29) is 7.43 Å². The summed E-state index contributed by atoms with van der Waals surface area (Å²) in [6.45, 7) is 17.9. The van der Waals surface area contributed by atoms with E-state index in [0.29, 0.717) is 0 Å². The lowest BCUT2D eigenvalue weighted by Gasteiger charge is -2.03. The Hall–Kier alpha value is -6.32. The van der Waals surface area contributed by atoms with Gasteiger partial charge in [0.25, 0.3) is 0 Å². The number of aromatic nitrogens is 5. The van der Waals surface area contributed by atoms with E-state index in [1.807, 2.05) is 97.6 Å². The number of hydrogen-bond donors (Lipinski definition) is 0. The number of pyridine rings is 5. The Labute approximate surface area is 421 Å². The highest BCUT2D eigenvalue weighted by Gasteiger charge is 2.08. The molecule has 5 aromatic rings. The summed E-state index contributed by atoms with van der Waals surface area (Å²) in [4.78, 5) is 23.7. The van der Waals surface area contributed by atoms with E-state index in [4.69, 9.17) is 6.42 Å². The second-order valence-corrected chi connectivity index (χ2v) is 27.8. The van der Waals surface area contributed by atoms with Crippen molar-refractivity contribution in [3.8, 4) is 59.0 Å². The first-order chi connectivity index (χ1) is 32.3. The van der Waals surface area contributed by atoms with E-state index in [2.05, 4.69) is 159 Å². The van der Waals surface area contributed by atoms with E-state index >= 15 is 0 Å². The van der Waals surface area contributed by atoms with E-state index in [0.717, 1.165) is 69.1 Å². The lowest BCUT2D eigenvalue weighted by molar-refractivity contribution is 0.660. The molecule has 350 valence electrons. The summed E-state index contributed by atoms with van der Waals surface area (Å²) in [6.07, 6.45) is 35.8. The fourth-order valence-electron chi connectivity index (χ4n) is 5.59. The van der Waals surface area contributed by atoms with Gasteiger partial charge in [-0.15, -0.1) is 17.5 Å². The Morgan fingerprint density at radius 3 is 1.16 bits per heavy atom. The SMILES string of the molecule is C.C#Cc1ccc(/C=C/C#Cc2ccc(CCCCCC)nc2)nc1.CCCCCCc1ccc(C#C/C=C/c2ccc(C#C[Si](C)(C)C)cn2)cn1.C[Si](C)(C)C#Cc1ccc(/C=C/Br)nc1. The maximum absolute atomic E-state index is 5.30. The second-order valence-electron chi connectivity index (χ2n) is 17.8. The minimum atomic E-state index is -1.35. The highest BCUT2D eigenvalue weighted by atomic mass is 79.9. The van der Waals surface area contributed by atoms with Crippen LogP contribution in [0, 0.1) is 59.0 Å². The van der Waals surface area contributed by atoms with Gasteiger partial charge in [-0.3, -0.25) is 24.9 Å². The molecule has 0 spiro atoms. The fraction of sp³-hybridized carbons (Fsp3) is 0.317. The molecular weight excluding hydrogens is 927 g/mol. The molecule has 0 bridgehead atoms. The predicted molar refractivity (Wildman–Crippen MR) is 302 cm³/mol. The summed E-state index contributed by atoms with van der Waals surface area (Å²) in [5, 5.41) is 0. The molecule has 0 unspecified atom stereocenters. The monoisotopic (exact) mass is 995 g/mol. The molecule has 5 aromatic heterocycles. The zero-order valence-electron chi connectivity index (χ0n) is 40.9. The van der Waals surface area contributed by atoms with Gasteiger partial charge in [0.15, 0.2) is 0 Å². The average molecular weight is 997 g/mol. The smallest absolute Gasteiger partial charge is 0.129 e. The van der Waals surface area contributed by atoms with Crippen molar-refractivity contribution >= 4 is 50.3 Å². The Kier molecular flexibility index (Phi) is 28.2. The molecule has 0 atom stereocenters. The molecule has 5 rings (SSSR count). The molecule has 0 saturated carbocycles. The molecule has 0 N–H and O–H groups in total. The van der Waals surface area contributed by atoms with Crippen molar-refractivity contribution in [1.82, 2.24) is 24.9 Å². The topological polar surface area (TPSA) is 64.5 Å². The number of halogens is 1. The van der Waals surface area contributed by atoms with Gasteiger partial charge in [-0.2, -0.15) is 0 Å². The maximum atomic E-state index is 5.30. The van der Waals surface area contributed by atoms with Gasteiger partial charge in [-0.05, 0) is 122 Å². The molecule has 0 radical (unpaired) electrons. The number of rotatable bonds is 13. The third-order valence-electron chi connectivity index (χ3n) is 9.25. The zero-order valence-corrected chi connectivity index (χ0v) is 44.5. The third kappa shape index (κ3) is 27.4. The molecule has 0 aliphatic heterocycles. The largest absolute Gasteiger partial charge is 0.260 e. The van der Waals surface area contributed by atoms with Gasteiger partial charge in [0, 0.05) is 70.2 Å². The Balaban J connectivity index is 0.000000363. The molecule has 0 aliphatic rings. The lowest BCUT2D eigenvalue weighted by atomic mass is 10.1. The van der Waals surface area contributed by atoms with Gasteiger partial charge in [0.05, 0.1) is 17.1 Å². The van der Waals surface area contributed by atoms with Crippen LogP contribution >= 0.6 is 15.9 Å². The van der Waals surface area contributed by atoms with E-state index in [1.165, 1.54) is 51.4 Å². The molecular formula is C60H70BrN5Si2. The number of terminal acetylenes is 1. The molecule has 8 heteroatoms. The van der Waals surface area contributed by atoms with Crippen molar-refractivity contribution < 1.29 is 0 Å². The predicted octanol–water partition coefficient (Wildman–Crippen LogP) is 14.9. The first-order valence-corrected chi connectivity index (χ1v) is 31.1. The number of allylic oxidation sites excluding steroid dienone is 2. The van der Waals surface area contributed by atoms with Gasteiger partial charge >= 0.3 is 0 Å². The van der Waals surface area contributed by atoms with Crippen LogP contribution in [0.2, 0.25) is 39.3 Å². The molecule has 0 amide bonds. The first kappa shape index (κ1) is 57.8. The van der Waals surface area contributed by atoms with Crippen LogP contribution in [0.1, 0.15) is 129 Å². The molecule has 5 nitrogen and oxygen atoms in total. The molecule has 68 heavy (non-hydrogen) atoms. The second kappa shape index (κ2) is 33.2. The van der Waals surface area contributed by atoms with Crippen LogP contribution in [-0.2, 0) is 12.8 Å². The summed E-state index contributed by atoms with van der Waals surface area (Å²) in [7, 11) is -2.63. The van der Waals surface area contributed by atoms with Gasteiger partial charge in [-0.1, -0.05) is 156 Å². The maximum Gasteiger partial charge on any atom is 0.129 e. The number of hydrogen-bond acceptors (Lipinski definition) is 5. The van der Waals surface area contributed by atoms with E-state index < -0.39 is 16.1 Å². The fourth-order valence-corrected chi connectivity index (χ4v) is 6.90. The summed E-state index contributed by atoms with van der Waals surface area (Å²) in [6, 6.07) is 19.9. The number of unbranched alkanes of at least 4 members (excludes halogenated alkanes) is 6. The van der Waals surface area contributed by atoms with Crippen LogP contribution in [0.3, 0.4) is 0 Å². The number of nitrogens with zero attached hydrogens (tertiary/aromatic N) is 5. The summed E-state index contributed by atoms with van der Waals surface area (Å²) in [5.41, 5.74) is 16.2. The van der Waals surface area contributed by atoms with Crippen LogP contribution in [-0.4, -0.2) is 41.1 Å². The van der Waals surface area contributed by atoms with E-state index in [9.17, 15) is 0 Å². The minimum absolute atomic E-state index is 0. The van der Waals surface area contributed by atoms with Crippen LogP contribution < -0.4 is 0 Å². The normalized spacial score (nSPS) is 10.5. The molecule has 0 aliphatic carbocycles. The first-order valence-electron chi connectivity index (χ1n) is 23.2. The van der Waals surface area contributed by atoms with Crippen molar-refractivity contribution in [3.05, 3.63) is 165 Å². The van der Waals surface area contributed by atoms with Crippen molar-refractivity contribution in [2.24, 2.45) is 0 Å². The van der Waals surface area contributed by atoms with Gasteiger partial charge in [0.1, 0.15) is 16.1 Å². The molecule has 0 saturated heterocycles. The van der Waals surface area contributed by atoms with Crippen molar-refractivity contribution in [1.29, 1.82) is 0 Å². The average Bonchev–Trinajstić information content (AvgIpc) is 3.32. The Morgan fingerprint density at radius 1 is 0.471 bits per heavy atom.